The van der Waals surface area contributed by atoms with Crippen molar-refractivity contribution < 1.29 is 5.11 Å². The molecule has 0 amide bonds. The van der Waals surface area contributed by atoms with Gasteiger partial charge in [0.15, 0.2) is 0 Å². The second-order valence-corrected chi connectivity index (χ2v) is 4.51. The van der Waals surface area contributed by atoms with Crippen molar-refractivity contribution in [2.45, 2.75) is 46.3 Å². The molecule has 0 heterocycles. The van der Waals surface area contributed by atoms with E-state index in [-0.39, 0.29) is 12.0 Å². The van der Waals surface area contributed by atoms with E-state index in [1.54, 1.807) is 0 Å². The minimum Gasteiger partial charge on any atom is -0.393 e. The molecule has 2 nitrogen and oxygen atoms in total. The summed E-state index contributed by atoms with van der Waals surface area (Å²) in [7, 11) is 0. The fraction of sp³-hybridized carbons (Fsp3) is 1.00. The number of rotatable bonds is 6. The fourth-order valence-corrected chi connectivity index (χ4v) is 1.68. The zero-order chi connectivity index (χ0) is 10.4. The summed E-state index contributed by atoms with van der Waals surface area (Å²) in [6.07, 6.45) is 0.836. The van der Waals surface area contributed by atoms with Crippen LogP contribution in [-0.2, 0) is 0 Å². The van der Waals surface area contributed by atoms with Crippen LogP contribution in [-0.4, -0.2) is 23.1 Å². The molecule has 2 N–H and O–H groups in total. The molecule has 0 bridgehead atoms. The predicted octanol–water partition coefficient (Wildman–Crippen LogP) is 1.89. The predicted molar refractivity (Wildman–Crippen MR) is 61.1 cm³/mol. The lowest BCUT2D eigenvalue weighted by atomic mass is 9.90. The average Bonchev–Trinajstić information content (AvgIpc) is 2.01. The Morgan fingerprint density at radius 1 is 1.23 bits per heavy atom. The maximum absolute atomic E-state index is 9.47. The zero-order valence-electron chi connectivity index (χ0n) is 9.12. The summed E-state index contributed by atoms with van der Waals surface area (Å²) < 4.78 is 0. The maximum Gasteiger partial charge on any atom is 0.0552 e. The number of nitrogens with one attached hydrogen (secondary N) is 1. The van der Waals surface area contributed by atoms with Crippen molar-refractivity contribution in [3.8, 4) is 0 Å². The second-order valence-electron chi connectivity index (χ2n) is 4.20. The molecule has 0 aromatic rings. The molecule has 13 heavy (non-hydrogen) atoms. The molecule has 80 valence electrons. The van der Waals surface area contributed by atoms with Gasteiger partial charge in [0.1, 0.15) is 0 Å². The van der Waals surface area contributed by atoms with Gasteiger partial charge in [0.2, 0.25) is 0 Å². The van der Waals surface area contributed by atoms with E-state index in [9.17, 15) is 5.11 Å². The van der Waals surface area contributed by atoms with E-state index in [2.05, 4.69) is 38.7 Å². The number of hydrogen-bond acceptors (Lipinski definition) is 3. The highest BCUT2D eigenvalue weighted by atomic mass is 32.1. The average molecular weight is 205 g/mol. The normalized spacial score (nSPS) is 18.7. The van der Waals surface area contributed by atoms with Gasteiger partial charge >= 0.3 is 0 Å². The van der Waals surface area contributed by atoms with Gasteiger partial charge in [-0.25, -0.2) is 0 Å². The number of aliphatic hydroxyl groups is 1. The molecule has 0 aliphatic carbocycles. The molecular weight excluding hydrogens is 182 g/mol. The molecular formula is C10H23NOS. The van der Waals surface area contributed by atoms with E-state index >= 15 is 0 Å². The van der Waals surface area contributed by atoms with Gasteiger partial charge in [-0.15, -0.1) is 0 Å². The first-order valence-corrected chi connectivity index (χ1v) is 5.64. The molecule has 0 aromatic heterocycles. The van der Waals surface area contributed by atoms with Gasteiger partial charge in [-0.3, -0.25) is 0 Å². The smallest absolute Gasteiger partial charge is 0.0552 e. The molecule has 0 aliphatic heterocycles. The highest BCUT2D eigenvalue weighted by molar-refractivity contribution is 7.80. The molecule has 0 aliphatic rings. The molecule has 0 saturated heterocycles. The Morgan fingerprint density at radius 3 is 2.08 bits per heavy atom. The van der Waals surface area contributed by atoms with E-state index in [0.717, 1.165) is 6.42 Å². The largest absolute Gasteiger partial charge is 0.393 e. The first-order valence-electron chi connectivity index (χ1n) is 5.01. The minimum absolute atomic E-state index is 0.254. The van der Waals surface area contributed by atoms with Crippen molar-refractivity contribution in [1.29, 1.82) is 0 Å². The summed E-state index contributed by atoms with van der Waals surface area (Å²) in [5, 5.41) is 12.8. The van der Waals surface area contributed by atoms with Gasteiger partial charge in [-0.05, 0) is 25.2 Å². The summed E-state index contributed by atoms with van der Waals surface area (Å²) in [5.41, 5.74) is 0. The first kappa shape index (κ1) is 13.3. The van der Waals surface area contributed by atoms with Gasteiger partial charge in [0.25, 0.3) is 0 Å². The SMILES string of the molecule is CC(C)C[C@@H](NCS)C(C)[C@H](C)O. The van der Waals surface area contributed by atoms with Crippen LogP contribution in [0.2, 0.25) is 0 Å². The third-order valence-corrected chi connectivity index (χ3v) is 2.66. The van der Waals surface area contributed by atoms with Crippen LogP contribution in [0.1, 0.15) is 34.1 Å². The zero-order valence-corrected chi connectivity index (χ0v) is 10.0. The Hall–Kier alpha value is 0.270. The maximum atomic E-state index is 9.47. The summed E-state index contributed by atoms with van der Waals surface area (Å²) in [6, 6.07) is 0.373. The van der Waals surface area contributed by atoms with Gasteiger partial charge in [0, 0.05) is 11.9 Å². The van der Waals surface area contributed by atoms with E-state index in [4.69, 9.17) is 0 Å². The third-order valence-electron chi connectivity index (χ3n) is 2.47. The highest BCUT2D eigenvalue weighted by Gasteiger charge is 2.21. The molecule has 0 saturated carbocycles. The van der Waals surface area contributed by atoms with Crippen molar-refractivity contribution in [1.82, 2.24) is 5.32 Å². The van der Waals surface area contributed by atoms with Crippen LogP contribution in [0, 0.1) is 11.8 Å². The molecule has 0 rings (SSSR count). The minimum atomic E-state index is -0.254. The fourth-order valence-electron chi connectivity index (χ4n) is 1.45. The van der Waals surface area contributed by atoms with Gasteiger partial charge in [0.05, 0.1) is 6.10 Å². The third kappa shape index (κ3) is 5.55. The van der Waals surface area contributed by atoms with Crippen LogP contribution in [0.15, 0.2) is 0 Å². The molecule has 0 spiro atoms. The van der Waals surface area contributed by atoms with Crippen molar-refractivity contribution >= 4 is 12.6 Å². The summed E-state index contributed by atoms with van der Waals surface area (Å²) in [5.74, 6) is 1.61. The number of thiol groups is 1. The van der Waals surface area contributed by atoms with Crippen LogP contribution < -0.4 is 5.32 Å². The van der Waals surface area contributed by atoms with Crippen molar-refractivity contribution in [3.63, 3.8) is 0 Å². The van der Waals surface area contributed by atoms with Crippen LogP contribution >= 0.6 is 12.6 Å². The highest BCUT2D eigenvalue weighted by Crippen LogP contribution is 2.16. The second kappa shape index (κ2) is 6.68. The Bertz CT molecular complexity index is 128. The van der Waals surface area contributed by atoms with Crippen molar-refractivity contribution in [2.24, 2.45) is 11.8 Å². The van der Waals surface area contributed by atoms with Gasteiger partial charge in [-0.2, -0.15) is 12.6 Å². The molecule has 3 heteroatoms. The molecule has 3 atom stereocenters. The van der Waals surface area contributed by atoms with Gasteiger partial charge < -0.3 is 10.4 Å². The lowest BCUT2D eigenvalue weighted by Gasteiger charge is -2.28. The van der Waals surface area contributed by atoms with E-state index in [1.165, 1.54) is 0 Å². The Labute approximate surface area is 87.5 Å². The van der Waals surface area contributed by atoms with Crippen LogP contribution in [0.3, 0.4) is 0 Å². The van der Waals surface area contributed by atoms with E-state index in [0.29, 0.717) is 17.8 Å². The molecule has 0 aromatic carbocycles. The molecule has 0 fully saturated rings. The van der Waals surface area contributed by atoms with Crippen LogP contribution in [0.5, 0.6) is 0 Å². The first-order chi connectivity index (χ1) is 5.99. The van der Waals surface area contributed by atoms with E-state index < -0.39 is 0 Å². The topological polar surface area (TPSA) is 32.3 Å². The lowest BCUT2D eigenvalue weighted by molar-refractivity contribution is 0.106. The van der Waals surface area contributed by atoms with Crippen molar-refractivity contribution in [3.05, 3.63) is 0 Å². The number of hydrogen-bond donors (Lipinski definition) is 3. The molecule has 0 radical (unpaired) electrons. The molecule has 1 unspecified atom stereocenters. The Kier molecular flexibility index (Phi) is 6.82. The van der Waals surface area contributed by atoms with Crippen molar-refractivity contribution in [2.75, 3.05) is 5.88 Å². The number of aliphatic hydroxyl groups excluding tert-OH is 1. The lowest BCUT2D eigenvalue weighted by Crippen LogP contribution is -2.40. The van der Waals surface area contributed by atoms with E-state index in [1.807, 2.05) is 6.92 Å². The van der Waals surface area contributed by atoms with Crippen LogP contribution in [0.25, 0.3) is 0 Å². The standard InChI is InChI=1S/C10H23NOS/c1-7(2)5-10(11-6-13)8(3)9(4)12/h7-13H,5-6H2,1-4H3/t8?,9-,10+/m0/s1. The van der Waals surface area contributed by atoms with Crippen LogP contribution in [0.4, 0.5) is 0 Å². The van der Waals surface area contributed by atoms with Gasteiger partial charge in [-0.1, -0.05) is 20.8 Å². The summed E-state index contributed by atoms with van der Waals surface area (Å²) >= 11 is 4.15. The quantitative estimate of drug-likeness (QED) is 0.457. The Morgan fingerprint density at radius 2 is 1.77 bits per heavy atom. The Balaban J connectivity index is 4.06. The monoisotopic (exact) mass is 205 g/mol. The summed E-state index contributed by atoms with van der Waals surface area (Å²) in [4.78, 5) is 0. The summed E-state index contributed by atoms with van der Waals surface area (Å²) in [6.45, 7) is 8.32.